The van der Waals surface area contributed by atoms with E-state index in [9.17, 15) is 0 Å². The van der Waals surface area contributed by atoms with E-state index in [2.05, 4.69) is 33.5 Å². The van der Waals surface area contributed by atoms with Gasteiger partial charge < -0.3 is 14.5 Å². The Hall–Kier alpha value is -2.55. The van der Waals surface area contributed by atoms with Crippen molar-refractivity contribution in [3.8, 4) is 5.75 Å². The third-order valence-corrected chi connectivity index (χ3v) is 5.82. The molecule has 0 aliphatic rings. The van der Waals surface area contributed by atoms with Crippen LogP contribution in [0.2, 0.25) is 5.02 Å². The van der Waals surface area contributed by atoms with Crippen LogP contribution in [0.1, 0.15) is 17.1 Å². The molecule has 1 N–H and O–H groups in total. The number of hydrogen-bond acceptors (Lipinski definition) is 8. The van der Waals surface area contributed by atoms with Crippen molar-refractivity contribution in [1.82, 2.24) is 15.2 Å². The van der Waals surface area contributed by atoms with Crippen LogP contribution in [0.15, 0.2) is 63.6 Å². The summed E-state index contributed by atoms with van der Waals surface area (Å²) in [6.07, 6.45) is 0. The number of thioether (sulfide) groups is 1. The fraction of sp³-hybridized carbons (Fsp3) is 0.150. The molecule has 0 bridgehead atoms. The van der Waals surface area contributed by atoms with Crippen LogP contribution in [0, 0.1) is 6.92 Å². The van der Waals surface area contributed by atoms with Gasteiger partial charge in [0, 0.05) is 21.8 Å². The SMILES string of the molecule is Cc1ccccc1Nc1nc(CSc2nnc(COc3ccc(Cl)cc3)o2)cs1. The summed E-state index contributed by atoms with van der Waals surface area (Å²) in [6, 6.07) is 15.2. The molecule has 4 rings (SSSR count). The van der Waals surface area contributed by atoms with Gasteiger partial charge in [0.15, 0.2) is 11.7 Å². The van der Waals surface area contributed by atoms with E-state index in [4.69, 9.17) is 20.8 Å². The molecule has 29 heavy (non-hydrogen) atoms. The first-order valence-corrected chi connectivity index (χ1v) is 11.0. The molecule has 0 atom stereocenters. The van der Waals surface area contributed by atoms with Gasteiger partial charge in [-0.25, -0.2) is 4.98 Å². The lowest BCUT2D eigenvalue weighted by molar-refractivity contribution is 0.252. The van der Waals surface area contributed by atoms with Gasteiger partial charge in [0.1, 0.15) is 5.75 Å². The molecule has 0 spiro atoms. The van der Waals surface area contributed by atoms with Gasteiger partial charge in [-0.1, -0.05) is 41.6 Å². The molecular formula is C20H17ClN4O2S2. The van der Waals surface area contributed by atoms with Gasteiger partial charge in [-0.2, -0.15) is 0 Å². The van der Waals surface area contributed by atoms with Crippen LogP contribution in [-0.4, -0.2) is 15.2 Å². The van der Waals surface area contributed by atoms with E-state index in [1.807, 2.05) is 23.6 Å². The molecule has 2 aromatic heterocycles. The van der Waals surface area contributed by atoms with Crippen LogP contribution in [-0.2, 0) is 12.4 Å². The van der Waals surface area contributed by atoms with Gasteiger partial charge in [0.05, 0.1) is 5.69 Å². The highest BCUT2D eigenvalue weighted by Crippen LogP contribution is 2.27. The average molecular weight is 445 g/mol. The molecule has 0 saturated carbocycles. The van der Waals surface area contributed by atoms with Gasteiger partial charge in [-0.05, 0) is 42.8 Å². The third kappa shape index (κ3) is 5.50. The van der Waals surface area contributed by atoms with Crippen molar-refractivity contribution in [1.29, 1.82) is 0 Å². The molecule has 0 saturated heterocycles. The van der Waals surface area contributed by atoms with Crippen LogP contribution >= 0.6 is 34.7 Å². The highest BCUT2D eigenvalue weighted by molar-refractivity contribution is 7.98. The van der Waals surface area contributed by atoms with E-state index < -0.39 is 0 Å². The summed E-state index contributed by atoms with van der Waals surface area (Å²) in [5.74, 6) is 1.76. The van der Waals surface area contributed by atoms with Crippen LogP contribution < -0.4 is 10.1 Å². The molecular weight excluding hydrogens is 428 g/mol. The van der Waals surface area contributed by atoms with Crippen molar-refractivity contribution in [2.75, 3.05) is 5.32 Å². The van der Waals surface area contributed by atoms with E-state index >= 15 is 0 Å². The Labute approximate surface area is 181 Å². The summed E-state index contributed by atoms with van der Waals surface area (Å²) in [5.41, 5.74) is 3.19. The van der Waals surface area contributed by atoms with Gasteiger partial charge >= 0.3 is 0 Å². The molecule has 0 aliphatic carbocycles. The van der Waals surface area contributed by atoms with E-state index in [1.54, 1.807) is 35.6 Å². The summed E-state index contributed by atoms with van der Waals surface area (Å²) < 4.78 is 11.2. The number of hydrogen-bond donors (Lipinski definition) is 1. The number of nitrogens with one attached hydrogen (secondary N) is 1. The molecule has 0 fully saturated rings. The molecule has 4 aromatic rings. The maximum atomic E-state index is 5.86. The van der Waals surface area contributed by atoms with E-state index in [1.165, 1.54) is 17.3 Å². The predicted molar refractivity (Wildman–Crippen MR) is 116 cm³/mol. The standard InChI is InChI=1S/C20H17ClN4O2S2/c1-13-4-2-3-5-17(13)23-19-22-15(11-28-19)12-29-20-25-24-18(27-20)10-26-16-8-6-14(21)7-9-16/h2-9,11H,10,12H2,1H3,(H,22,23). The van der Waals surface area contributed by atoms with Gasteiger partial charge in [-0.15, -0.1) is 21.5 Å². The number of nitrogens with zero attached hydrogens (tertiary/aromatic N) is 3. The maximum Gasteiger partial charge on any atom is 0.277 e. The van der Waals surface area contributed by atoms with Crippen LogP contribution in [0.5, 0.6) is 5.75 Å². The average Bonchev–Trinajstić information content (AvgIpc) is 3.37. The topological polar surface area (TPSA) is 73.1 Å². The fourth-order valence-electron chi connectivity index (χ4n) is 2.43. The first-order valence-electron chi connectivity index (χ1n) is 8.76. The molecule has 2 aromatic carbocycles. The second kappa shape index (κ2) is 9.30. The highest BCUT2D eigenvalue weighted by atomic mass is 35.5. The number of aryl methyl sites for hydroxylation is 1. The zero-order valence-electron chi connectivity index (χ0n) is 15.5. The number of thiazole rings is 1. The first kappa shape index (κ1) is 19.8. The lowest BCUT2D eigenvalue weighted by atomic mass is 10.2. The number of anilines is 2. The van der Waals surface area contributed by atoms with Gasteiger partial charge in [0.2, 0.25) is 0 Å². The molecule has 0 aliphatic heterocycles. The molecule has 0 radical (unpaired) electrons. The Morgan fingerprint density at radius 3 is 2.79 bits per heavy atom. The zero-order chi connectivity index (χ0) is 20.1. The molecule has 6 nitrogen and oxygen atoms in total. The van der Waals surface area contributed by atoms with E-state index in [-0.39, 0.29) is 6.61 Å². The van der Waals surface area contributed by atoms with Crippen LogP contribution in [0.25, 0.3) is 0 Å². The van der Waals surface area contributed by atoms with E-state index in [0.29, 0.717) is 27.6 Å². The molecule has 0 amide bonds. The first-order chi connectivity index (χ1) is 14.2. The summed E-state index contributed by atoms with van der Waals surface area (Å²) in [4.78, 5) is 4.61. The molecule has 9 heteroatoms. The van der Waals surface area contributed by atoms with Crippen molar-refractivity contribution in [3.05, 3.63) is 76.1 Å². The van der Waals surface area contributed by atoms with Crippen molar-refractivity contribution in [3.63, 3.8) is 0 Å². The quantitative estimate of drug-likeness (QED) is 0.329. The highest BCUT2D eigenvalue weighted by Gasteiger charge is 2.10. The number of ether oxygens (including phenoxy) is 1. The number of halogens is 1. The number of rotatable bonds is 8. The number of aromatic nitrogens is 3. The van der Waals surface area contributed by atoms with Crippen molar-refractivity contribution >= 4 is 45.5 Å². The Morgan fingerprint density at radius 2 is 1.97 bits per heavy atom. The summed E-state index contributed by atoms with van der Waals surface area (Å²) >= 11 is 8.87. The normalized spacial score (nSPS) is 10.8. The van der Waals surface area contributed by atoms with Gasteiger partial charge in [-0.3, -0.25) is 0 Å². The Balaban J connectivity index is 1.28. The molecule has 148 valence electrons. The molecule has 2 heterocycles. The maximum absolute atomic E-state index is 5.86. The lowest BCUT2D eigenvalue weighted by Gasteiger charge is -2.05. The van der Waals surface area contributed by atoms with Crippen LogP contribution in [0.4, 0.5) is 10.8 Å². The van der Waals surface area contributed by atoms with Gasteiger partial charge in [0.25, 0.3) is 11.1 Å². The molecule has 0 unspecified atom stereocenters. The number of para-hydroxylation sites is 1. The minimum Gasteiger partial charge on any atom is -0.484 e. The minimum absolute atomic E-state index is 0.205. The lowest BCUT2D eigenvalue weighted by Crippen LogP contribution is -1.95. The van der Waals surface area contributed by atoms with Crippen LogP contribution in [0.3, 0.4) is 0 Å². The van der Waals surface area contributed by atoms with E-state index in [0.717, 1.165) is 16.5 Å². The second-order valence-corrected chi connectivity index (χ2v) is 8.30. The Bertz CT molecular complexity index is 1080. The smallest absolute Gasteiger partial charge is 0.277 e. The Kier molecular flexibility index (Phi) is 6.33. The van der Waals surface area contributed by atoms with Crippen molar-refractivity contribution in [2.45, 2.75) is 24.5 Å². The Morgan fingerprint density at radius 1 is 1.14 bits per heavy atom. The summed E-state index contributed by atoms with van der Waals surface area (Å²) in [6.45, 7) is 2.27. The fourth-order valence-corrected chi connectivity index (χ4v) is 4.05. The monoisotopic (exact) mass is 444 g/mol. The van der Waals surface area contributed by atoms with Crippen molar-refractivity contribution in [2.24, 2.45) is 0 Å². The second-order valence-electron chi connectivity index (χ2n) is 6.08. The number of benzene rings is 2. The third-order valence-electron chi connectivity index (χ3n) is 3.91. The summed E-state index contributed by atoms with van der Waals surface area (Å²) in [7, 11) is 0. The largest absolute Gasteiger partial charge is 0.484 e. The van der Waals surface area contributed by atoms with Crippen molar-refractivity contribution < 1.29 is 9.15 Å². The minimum atomic E-state index is 0.205. The summed E-state index contributed by atoms with van der Waals surface area (Å²) in [5, 5.41) is 15.4. The predicted octanol–water partition coefficient (Wildman–Crippen LogP) is 6.10. The zero-order valence-corrected chi connectivity index (χ0v) is 17.9.